The number of hydrogen-bond acceptors (Lipinski definition) is 5. The van der Waals surface area contributed by atoms with E-state index in [-0.39, 0.29) is 41.2 Å². The summed E-state index contributed by atoms with van der Waals surface area (Å²) in [5.41, 5.74) is -0.963. The third kappa shape index (κ3) is 3.74. The van der Waals surface area contributed by atoms with Crippen LogP contribution in [-0.2, 0) is 9.59 Å². The van der Waals surface area contributed by atoms with Crippen molar-refractivity contribution in [1.82, 2.24) is 26.3 Å². The van der Waals surface area contributed by atoms with Crippen molar-refractivity contribution in [3.63, 3.8) is 0 Å². The molecule has 5 amide bonds. The van der Waals surface area contributed by atoms with Crippen LogP contribution in [0.25, 0.3) is 0 Å². The van der Waals surface area contributed by atoms with Crippen molar-refractivity contribution < 1.29 is 19.2 Å². The predicted molar refractivity (Wildman–Crippen MR) is 101 cm³/mol. The highest BCUT2D eigenvalue weighted by Gasteiger charge is 2.57. The Morgan fingerprint density at radius 3 is 2.66 bits per heavy atom. The zero-order valence-corrected chi connectivity index (χ0v) is 15.7. The van der Waals surface area contributed by atoms with Crippen LogP contribution < -0.4 is 26.8 Å². The van der Waals surface area contributed by atoms with Crippen LogP contribution in [0, 0.1) is 11.8 Å². The summed E-state index contributed by atoms with van der Waals surface area (Å²) in [5, 5.41) is 10.7. The van der Waals surface area contributed by atoms with Gasteiger partial charge in [-0.3, -0.25) is 24.5 Å². The van der Waals surface area contributed by atoms with Gasteiger partial charge < -0.3 is 20.9 Å². The lowest BCUT2D eigenvalue weighted by Crippen LogP contribution is -2.60. The van der Waals surface area contributed by atoms with Gasteiger partial charge in [0.25, 0.3) is 11.8 Å². The smallest absolute Gasteiger partial charge is 0.322 e. The van der Waals surface area contributed by atoms with Gasteiger partial charge in [-0.05, 0) is 37.7 Å². The van der Waals surface area contributed by atoms with E-state index in [1.165, 1.54) is 12.3 Å². The molecule has 0 radical (unpaired) electrons. The molecule has 4 rings (SSSR count). The van der Waals surface area contributed by atoms with Gasteiger partial charge in [0.05, 0.1) is 0 Å². The zero-order chi connectivity index (χ0) is 20.6. The molecule has 2 aliphatic carbocycles. The quantitative estimate of drug-likeness (QED) is 0.417. The molecule has 2 heterocycles. The van der Waals surface area contributed by atoms with Crippen molar-refractivity contribution in [2.24, 2.45) is 11.8 Å². The average Bonchev–Trinajstić information content (AvgIpc) is 3.21. The first-order chi connectivity index (χ1) is 13.9. The Morgan fingerprint density at radius 2 is 1.97 bits per heavy atom. The summed E-state index contributed by atoms with van der Waals surface area (Å²) >= 11 is 0. The lowest BCUT2D eigenvalue weighted by molar-refractivity contribution is -0.136. The minimum absolute atomic E-state index is 0.0743. The summed E-state index contributed by atoms with van der Waals surface area (Å²) in [6.07, 6.45) is 4.66. The summed E-state index contributed by atoms with van der Waals surface area (Å²) in [6.45, 7) is 0.432. The Bertz CT molecular complexity index is 920. The largest absolute Gasteiger partial charge is 0.356 e. The number of aromatic nitrogens is 1. The van der Waals surface area contributed by atoms with Crippen molar-refractivity contribution in [3.8, 4) is 0 Å². The second-order valence-corrected chi connectivity index (χ2v) is 8.05. The predicted octanol–water partition coefficient (Wildman–Crippen LogP) is -0.622. The van der Waals surface area contributed by atoms with Crippen LogP contribution in [-0.4, -0.2) is 46.9 Å². The maximum absolute atomic E-state index is 12.4. The Labute approximate surface area is 166 Å². The van der Waals surface area contributed by atoms with Crippen molar-refractivity contribution in [2.45, 2.75) is 43.7 Å². The third-order valence-corrected chi connectivity index (χ3v) is 6.13. The van der Waals surface area contributed by atoms with Crippen LogP contribution in [0.1, 0.15) is 42.5 Å². The number of pyridine rings is 1. The highest BCUT2D eigenvalue weighted by atomic mass is 16.2. The molecule has 1 aliphatic heterocycles. The highest BCUT2D eigenvalue weighted by Crippen LogP contribution is 2.40. The van der Waals surface area contributed by atoms with E-state index in [9.17, 15) is 24.0 Å². The first kappa shape index (κ1) is 19.2. The SMILES string of the molecule is O=C1NC(=O)C2(CC(C(=O)NC[C@@H]3CCC[C@H]3NC(=O)c3cc[nH]c(=O)c3)C2)N1. The molecular formula is C19H23N5O5. The van der Waals surface area contributed by atoms with Gasteiger partial charge in [0.2, 0.25) is 11.5 Å². The Kier molecular flexibility index (Phi) is 4.85. The topological polar surface area (TPSA) is 149 Å². The molecule has 154 valence electrons. The summed E-state index contributed by atoms with van der Waals surface area (Å²) in [7, 11) is 0. The number of urea groups is 1. The molecule has 10 nitrogen and oxygen atoms in total. The Hall–Kier alpha value is -3.17. The Balaban J connectivity index is 1.27. The standard InChI is InChI=1S/C19H23N5O5/c25-14-6-10(4-5-20-14)16(27)22-13-3-1-2-11(13)9-21-15(26)12-7-19(8-12)17(28)23-18(29)24-19/h4-6,11-13H,1-3,7-9H2,(H,20,25)(H,21,26)(H,22,27)(H2,23,24,28,29)/t11-,12?,13+,19?/m0/s1. The highest BCUT2D eigenvalue weighted by molar-refractivity contribution is 6.08. The van der Waals surface area contributed by atoms with E-state index in [1.807, 2.05) is 0 Å². The molecule has 0 aromatic carbocycles. The fourth-order valence-corrected chi connectivity index (χ4v) is 4.47. The van der Waals surface area contributed by atoms with Crippen LogP contribution in [0.15, 0.2) is 23.1 Å². The van der Waals surface area contributed by atoms with E-state index in [4.69, 9.17) is 0 Å². The van der Waals surface area contributed by atoms with E-state index in [2.05, 4.69) is 26.3 Å². The molecule has 0 bridgehead atoms. The van der Waals surface area contributed by atoms with Gasteiger partial charge in [-0.1, -0.05) is 6.42 Å². The molecule has 5 N–H and O–H groups in total. The van der Waals surface area contributed by atoms with Crippen molar-refractivity contribution in [2.75, 3.05) is 6.54 Å². The minimum Gasteiger partial charge on any atom is -0.356 e. The van der Waals surface area contributed by atoms with Gasteiger partial charge in [0.1, 0.15) is 5.54 Å². The molecular weight excluding hydrogens is 378 g/mol. The van der Waals surface area contributed by atoms with Crippen LogP contribution >= 0.6 is 0 Å². The monoisotopic (exact) mass is 401 g/mol. The van der Waals surface area contributed by atoms with Gasteiger partial charge >= 0.3 is 6.03 Å². The van der Waals surface area contributed by atoms with Gasteiger partial charge in [-0.15, -0.1) is 0 Å². The van der Waals surface area contributed by atoms with Crippen LogP contribution in [0.2, 0.25) is 0 Å². The maximum Gasteiger partial charge on any atom is 0.322 e. The second kappa shape index (κ2) is 7.34. The summed E-state index contributed by atoms with van der Waals surface area (Å²) in [5.74, 6) is -1.03. The summed E-state index contributed by atoms with van der Waals surface area (Å²) < 4.78 is 0. The molecule has 1 saturated heterocycles. The van der Waals surface area contributed by atoms with E-state index >= 15 is 0 Å². The lowest BCUT2D eigenvalue weighted by Gasteiger charge is -2.41. The number of amides is 5. The maximum atomic E-state index is 12.4. The summed E-state index contributed by atoms with van der Waals surface area (Å²) in [4.78, 5) is 61.7. The van der Waals surface area contributed by atoms with Crippen molar-refractivity contribution in [3.05, 3.63) is 34.2 Å². The van der Waals surface area contributed by atoms with E-state index < -0.39 is 11.6 Å². The van der Waals surface area contributed by atoms with E-state index in [0.29, 0.717) is 24.9 Å². The van der Waals surface area contributed by atoms with Crippen LogP contribution in [0.3, 0.4) is 0 Å². The van der Waals surface area contributed by atoms with Gasteiger partial charge in [0, 0.05) is 36.3 Å². The van der Waals surface area contributed by atoms with Crippen molar-refractivity contribution >= 4 is 23.8 Å². The number of carbonyl (C=O) groups excluding carboxylic acids is 4. The summed E-state index contributed by atoms with van der Waals surface area (Å²) in [6, 6.07) is 2.21. The molecule has 1 aromatic heterocycles. The van der Waals surface area contributed by atoms with Gasteiger partial charge in [0.15, 0.2) is 0 Å². The first-order valence-electron chi connectivity index (χ1n) is 9.77. The molecule has 3 fully saturated rings. The fraction of sp³-hybridized carbons (Fsp3) is 0.526. The number of H-pyrrole nitrogens is 1. The number of imide groups is 1. The lowest BCUT2D eigenvalue weighted by atomic mass is 9.68. The number of hydrogen-bond donors (Lipinski definition) is 5. The normalized spacial score (nSPS) is 30.4. The second-order valence-electron chi connectivity index (χ2n) is 8.05. The molecule has 29 heavy (non-hydrogen) atoms. The molecule has 10 heteroatoms. The first-order valence-corrected chi connectivity index (χ1v) is 9.77. The van der Waals surface area contributed by atoms with Gasteiger partial charge in [-0.25, -0.2) is 4.79 Å². The van der Waals surface area contributed by atoms with E-state index in [1.54, 1.807) is 6.07 Å². The molecule has 1 spiro atoms. The number of rotatable bonds is 5. The number of aromatic amines is 1. The molecule has 2 atom stereocenters. The Morgan fingerprint density at radius 1 is 1.17 bits per heavy atom. The molecule has 2 saturated carbocycles. The van der Waals surface area contributed by atoms with Crippen LogP contribution in [0.5, 0.6) is 0 Å². The minimum atomic E-state index is -0.934. The van der Waals surface area contributed by atoms with Crippen molar-refractivity contribution in [1.29, 1.82) is 0 Å². The zero-order valence-electron chi connectivity index (χ0n) is 15.7. The number of nitrogens with one attached hydrogen (secondary N) is 5. The average molecular weight is 401 g/mol. The fourth-order valence-electron chi connectivity index (χ4n) is 4.47. The molecule has 0 unspecified atom stereocenters. The third-order valence-electron chi connectivity index (χ3n) is 6.13. The van der Waals surface area contributed by atoms with E-state index in [0.717, 1.165) is 19.3 Å². The number of carbonyl (C=O) groups is 4. The van der Waals surface area contributed by atoms with Gasteiger partial charge in [-0.2, -0.15) is 0 Å². The van der Waals surface area contributed by atoms with Crippen LogP contribution in [0.4, 0.5) is 4.79 Å². The molecule has 3 aliphatic rings. The molecule has 1 aromatic rings.